The summed E-state index contributed by atoms with van der Waals surface area (Å²) in [5.74, 6) is -0.369. The van der Waals surface area contributed by atoms with Gasteiger partial charge in [-0.25, -0.2) is 8.42 Å². The molecule has 2 rings (SSSR count). The predicted molar refractivity (Wildman–Crippen MR) is 83.7 cm³/mol. The lowest BCUT2D eigenvalue weighted by Gasteiger charge is -2.30. The Morgan fingerprint density at radius 2 is 2.00 bits per heavy atom. The predicted octanol–water partition coefficient (Wildman–Crippen LogP) is 1.39. The number of nitrogens with zero attached hydrogens (tertiary/aromatic N) is 2. The van der Waals surface area contributed by atoms with Crippen molar-refractivity contribution in [2.75, 3.05) is 20.1 Å². The number of amides is 1. The SMILES string of the molecule is CNC(=O)C1CCN(S(=O)(=O)c2ccc(Cl)cc2[N+](=O)[O-])CC1. The van der Waals surface area contributed by atoms with E-state index in [4.69, 9.17) is 11.6 Å². The summed E-state index contributed by atoms with van der Waals surface area (Å²) in [7, 11) is -2.48. The van der Waals surface area contributed by atoms with Crippen LogP contribution in [0.3, 0.4) is 0 Å². The average molecular weight is 362 g/mol. The second-order valence-corrected chi connectivity index (χ2v) is 7.50. The van der Waals surface area contributed by atoms with Gasteiger partial charge in [0.1, 0.15) is 0 Å². The van der Waals surface area contributed by atoms with Gasteiger partial charge < -0.3 is 5.32 Å². The number of carbonyl (C=O) groups excluding carboxylic acids is 1. The molecule has 0 unspecified atom stereocenters. The quantitative estimate of drug-likeness (QED) is 0.643. The van der Waals surface area contributed by atoms with Crippen LogP contribution in [0.4, 0.5) is 5.69 Å². The van der Waals surface area contributed by atoms with Crippen molar-refractivity contribution in [2.24, 2.45) is 5.92 Å². The zero-order valence-corrected chi connectivity index (χ0v) is 13.9. The normalized spacial score (nSPS) is 17.0. The molecule has 8 nitrogen and oxygen atoms in total. The third kappa shape index (κ3) is 3.62. The molecule has 0 aliphatic carbocycles. The van der Waals surface area contributed by atoms with E-state index in [1.54, 1.807) is 0 Å². The Kier molecular flexibility index (Phi) is 5.23. The highest BCUT2D eigenvalue weighted by Crippen LogP contribution is 2.31. The van der Waals surface area contributed by atoms with Crippen LogP contribution in [-0.4, -0.2) is 43.7 Å². The molecule has 126 valence electrons. The number of rotatable bonds is 4. The molecule has 0 spiro atoms. The molecule has 1 aliphatic rings. The molecule has 0 bridgehead atoms. The second-order valence-electron chi connectivity index (χ2n) is 5.16. The molecule has 1 aliphatic heterocycles. The van der Waals surface area contributed by atoms with Crippen LogP contribution in [0.15, 0.2) is 23.1 Å². The Hall–Kier alpha value is -1.71. The molecule has 1 aromatic rings. The maximum atomic E-state index is 12.6. The van der Waals surface area contributed by atoms with Gasteiger partial charge >= 0.3 is 0 Å². The van der Waals surface area contributed by atoms with Gasteiger partial charge in [0, 0.05) is 37.1 Å². The number of halogens is 1. The smallest absolute Gasteiger partial charge is 0.290 e. The molecule has 1 aromatic carbocycles. The lowest BCUT2D eigenvalue weighted by atomic mass is 9.97. The molecule has 0 atom stereocenters. The number of nitro groups is 1. The number of nitro benzene ring substituents is 1. The minimum Gasteiger partial charge on any atom is -0.359 e. The van der Waals surface area contributed by atoms with Gasteiger partial charge in [0.25, 0.3) is 5.69 Å². The number of nitrogens with one attached hydrogen (secondary N) is 1. The van der Waals surface area contributed by atoms with E-state index in [1.807, 2.05) is 0 Å². The van der Waals surface area contributed by atoms with Crippen LogP contribution >= 0.6 is 11.6 Å². The van der Waals surface area contributed by atoms with Crippen molar-refractivity contribution < 1.29 is 18.1 Å². The van der Waals surface area contributed by atoms with E-state index in [-0.39, 0.29) is 34.8 Å². The Balaban J connectivity index is 2.27. The van der Waals surface area contributed by atoms with Crippen molar-refractivity contribution in [3.05, 3.63) is 33.3 Å². The third-order valence-corrected chi connectivity index (χ3v) is 5.99. The van der Waals surface area contributed by atoms with Crippen molar-refractivity contribution >= 4 is 33.2 Å². The molecule has 1 saturated heterocycles. The number of hydrogen-bond acceptors (Lipinski definition) is 5. The van der Waals surface area contributed by atoms with Crippen LogP contribution in [-0.2, 0) is 14.8 Å². The number of carbonyl (C=O) groups is 1. The van der Waals surface area contributed by atoms with Crippen LogP contribution in [0.25, 0.3) is 0 Å². The molecule has 0 radical (unpaired) electrons. The standard InChI is InChI=1S/C13H16ClN3O5S/c1-15-13(18)9-4-6-16(7-5-9)23(21,22)12-3-2-10(14)8-11(12)17(19)20/h2-3,8-9H,4-7H2,1H3,(H,15,18). The van der Waals surface area contributed by atoms with Gasteiger partial charge in [-0.2, -0.15) is 4.31 Å². The minimum absolute atomic E-state index is 0.0916. The van der Waals surface area contributed by atoms with Gasteiger partial charge in [-0.15, -0.1) is 0 Å². The molecule has 1 amide bonds. The fourth-order valence-corrected chi connectivity index (χ4v) is 4.33. The summed E-state index contributed by atoms with van der Waals surface area (Å²) < 4.78 is 26.5. The first kappa shape index (κ1) is 17.6. The third-order valence-electron chi connectivity index (χ3n) is 3.81. The van der Waals surface area contributed by atoms with E-state index in [0.717, 1.165) is 12.1 Å². The fraction of sp³-hybridized carbons (Fsp3) is 0.462. The topological polar surface area (TPSA) is 110 Å². The lowest BCUT2D eigenvalue weighted by Crippen LogP contribution is -2.42. The molecule has 0 aromatic heterocycles. The molecule has 10 heteroatoms. The van der Waals surface area contributed by atoms with E-state index in [2.05, 4.69) is 5.32 Å². The summed E-state index contributed by atoms with van der Waals surface area (Å²) in [6.45, 7) is 0.278. The van der Waals surface area contributed by atoms with Crippen molar-refractivity contribution in [3.63, 3.8) is 0 Å². The van der Waals surface area contributed by atoms with Crippen LogP contribution < -0.4 is 5.32 Å². The minimum atomic E-state index is -4.01. The Labute approximate surface area is 138 Å². The highest BCUT2D eigenvalue weighted by Gasteiger charge is 2.35. The molecule has 1 heterocycles. The highest BCUT2D eigenvalue weighted by molar-refractivity contribution is 7.89. The Bertz CT molecular complexity index is 729. The van der Waals surface area contributed by atoms with E-state index in [0.29, 0.717) is 12.8 Å². The van der Waals surface area contributed by atoms with Crippen LogP contribution in [0, 0.1) is 16.0 Å². The van der Waals surface area contributed by atoms with Gasteiger partial charge in [-0.05, 0) is 25.0 Å². The molecule has 23 heavy (non-hydrogen) atoms. The summed E-state index contributed by atoms with van der Waals surface area (Å²) in [5.41, 5.74) is -0.550. The Morgan fingerprint density at radius 1 is 1.39 bits per heavy atom. The molecule has 1 N–H and O–H groups in total. The van der Waals surface area contributed by atoms with E-state index in [1.165, 1.54) is 17.4 Å². The van der Waals surface area contributed by atoms with Crippen molar-refractivity contribution in [3.8, 4) is 0 Å². The van der Waals surface area contributed by atoms with Crippen molar-refractivity contribution in [2.45, 2.75) is 17.7 Å². The first-order valence-electron chi connectivity index (χ1n) is 6.93. The molecular weight excluding hydrogens is 346 g/mol. The van der Waals surface area contributed by atoms with Gasteiger partial charge in [-0.1, -0.05) is 11.6 Å². The zero-order valence-electron chi connectivity index (χ0n) is 12.4. The van der Waals surface area contributed by atoms with E-state index < -0.39 is 20.6 Å². The van der Waals surface area contributed by atoms with Crippen molar-refractivity contribution in [1.29, 1.82) is 0 Å². The summed E-state index contributed by atoms with van der Waals surface area (Å²) in [6.07, 6.45) is 0.751. The summed E-state index contributed by atoms with van der Waals surface area (Å²) >= 11 is 5.71. The Morgan fingerprint density at radius 3 is 2.52 bits per heavy atom. The fourth-order valence-electron chi connectivity index (χ4n) is 2.55. The molecule has 1 fully saturated rings. The summed E-state index contributed by atoms with van der Waals surface area (Å²) in [4.78, 5) is 21.5. The lowest BCUT2D eigenvalue weighted by molar-refractivity contribution is -0.387. The van der Waals surface area contributed by atoms with Crippen LogP contribution in [0.5, 0.6) is 0 Å². The zero-order chi connectivity index (χ0) is 17.2. The first-order valence-corrected chi connectivity index (χ1v) is 8.75. The maximum absolute atomic E-state index is 12.6. The highest BCUT2D eigenvalue weighted by atomic mass is 35.5. The van der Waals surface area contributed by atoms with Gasteiger partial charge in [0.15, 0.2) is 4.90 Å². The van der Waals surface area contributed by atoms with Crippen LogP contribution in [0.1, 0.15) is 12.8 Å². The first-order chi connectivity index (χ1) is 10.8. The van der Waals surface area contributed by atoms with Crippen molar-refractivity contribution in [1.82, 2.24) is 9.62 Å². The second kappa shape index (κ2) is 6.81. The van der Waals surface area contributed by atoms with E-state index in [9.17, 15) is 23.3 Å². The number of piperidine rings is 1. The van der Waals surface area contributed by atoms with Gasteiger partial charge in [-0.3, -0.25) is 14.9 Å². The summed E-state index contributed by atoms with van der Waals surface area (Å²) in [5, 5.41) is 13.7. The monoisotopic (exact) mass is 361 g/mol. The number of benzene rings is 1. The largest absolute Gasteiger partial charge is 0.359 e. The molecular formula is C13H16ClN3O5S. The summed E-state index contributed by atoms with van der Waals surface area (Å²) in [6, 6.07) is 3.46. The molecule has 0 saturated carbocycles. The average Bonchev–Trinajstić information content (AvgIpc) is 2.53. The number of sulfonamides is 1. The van der Waals surface area contributed by atoms with Crippen LogP contribution in [0.2, 0.25) is 5.02 Å². The van der Waals surface area contributed by atoms with Gasteiger partial charge in [0.2, 0.25) is 15.9 Å². The van der Waals surface area contributed by atoms with E-state index >= 15 is 0 Å². The van der Waals surface area contributed by atoms with Gasteiger partial charge in [0.05, 0.1) is 4.92 Å². The number of hydrogen-bond donors (Lipinski definition) is 1. The maximum Gasteiger partial charge on any atom is 0.290 e.